The van der Waals surface area contributed by atoms with E-state index in [1.54, 1.807) is 6.20 Å². The molecule has 4 heterocycles. The van der Waals surface area contributed by atoms with Crippen molar-refractivity contribution in [1.29, 1.82) is 0 Å². The molecule has 1 aliphatic rings. The molecule has 37 heavy (non-hydrogen) atoms. The van der Waals surface area contributed by atoms with E-state index in [0.29, 0.717) is 18.1 Å². The number of H-pyrrole nitrogens is 1. The van der Waals surface area contributed by atoms with Gasteiger partial charge < -0.3 is 15.6 Å². The summed E-state index contributed by atoms with van der Waals surface area (Å²) in [7, 11) is 0. The summed E-state index contributed by atoms with van der Waals surface area (Å²) in [4.78, 5) is 35.3. The minimum Gasteiger partial charge on any atom is -0.346 e. The van der Waals surface area contributed by atoms with Gasteiger partial charge in [0.25, 0.3) is 0 Å². The Bertz CT molecular complexity index is 1570. The Morgan fingerprint density at radius 3 is 2.84 bits per heavy atom. The van der Waals surface area contributed by atoms with E-state index in [-0.39, 0.29) is 12.1 Å². The molecule has 2 aromatic carbocycles. The Kier molecular flexibility index (Phi) is 5.95. The molecular weight excluding hydrogens is 466 g/mol. The van der Waals surface area contributed by atoms with Gasteiger partial charge in [0.1, 0.15) is 17.8 Å². The third-order valence-electron chi connectivity index (χ3n) is 6.45. The Labute approximate surface area is 213 Å². The van der Waals surface area contributed by atoms with Crippen LogP contribution in [0, 0.1) is 6.92 Å². The second-order valence-electron chi connectivity index (χ2n) is 8.82. The summed E-state index contributed by atoms with van der Waals surface area (Å²) in [6.45, 7) is 2.49. The standard InChI is InChI=1S/C28H25N7O2/c1-18-9-10-20(33-28(36)35-24(12-15-37-35)19-6-3-2-4-7-19)16-23(18)34-27-21(8-5-13-29-27)25-22-11-14-30-26(22)32-17-31-25/h2-11,13-14,16-17,24H,12,15H2,1H3,(H,29,34)(H,33,36)(H,30,31,32)/t24-/m1/s1. The van der Waals surface area contributed by atoms with Gasteiger partial charge in [-0.25, -0.2) is 19.7 Å². The van der Waals surface area contributed by atoms with E-state index in [1.165, 1.54) is 11.4 Å². The van der Waals surface area contributed by atoms with Gasteiger partial charge in [0, 0.05) is 41.1 Å². The number of fused-ring (bicyclic) bond motifs is 1. The van der Waals surface area contributed by atoms with E-state index in [1.807, 2.05) is 79.9 Å². The van der Waals surface area contributed by atoms with Crippen molar-refractivity contribution in [2.75, 3.05) is 17.2 Å². The van der Waals surface area contributed by atoms with Gasteiger partial charge in [0.05, 0.1) is 18.3 Å². The van der Waals surface area contributed by atoms with Crippen LogP contribution in [0.4, 0.5) is 22.0 Å². The van der Waals surface area contributed by atoms with Crippen molar-refractivity contribution in [2.24, 2.45) is 0 Å². The highest BCUT2D eigenvalue weighted by atomic mass is 16.7. The first-order valence-corrected chi connectivity index (χ1v) is 12.1. The first kappa shape index (κ1) is 22.7. The number of carbonyl (C=O) groups excluding carboxylic acids is 1. The van der Waals surface area contributed by atoms with Gasteiger partial charge in [-0.05, 0) is 48.4 Å². The van der Waals surface area contributed by atoms with Crippen LogP contribution in [0.2, 0.25) is 0 Å². The van der Waals surface area contributed by atoms with Gasteiger partial charge in [-0.3, -0.25) is 4.84 Å². The Hall–Kier alpha value is -4.76. The molecule has 3 aromatic heterocycles. The summed E-state index contributed by atoms with van der Waals surface area (Å²) in [6, 6.07) is 21.0. The van der Waals surface area contributed by atoms with Gasteiger partial charge in [-0.1, -0.05) is 36.4 Å². The first-order valence-electron chi connectivity index (χ1n) is 12.1. The average molecular weight is 492 g/mol. The fourth-order valence-corrected chi connectivity index (χ4v) is 4.57. The molecule has 184 valence electrons. The van der Waals surface area contributed by atoms with Crippen LogP contribution >= 0.6 is 0 Å². The van der Waals surface area contributed by atoms with Crippen LogP contribution < -0.4 is 10.6 Å². The van der Waals surface area contributed by atoms with Crippen molar-refractivity contribution in [3.8, 4) is 11.3 Å². The highest BCUT2D eigenvalue weighted by Crippen LogP contribution is 2.34. The number of pyridine rings is 1. The quantitative estimate of drug-likeness (QED) is 0.279. The van der Waals surface area contributed by atoms with Crippen molar-refractivity contribution < 1.29 is 9.63 Å². The summed E-state index contributed by atoms with van der Waals surface area (Å²) >= 11 is 0. The molecule has 2 amide bonds. The molecular formula is C28H25N7O2. The number of hydroxylamine groups is 2. The second kappa shape index (κ2) is 9.71. The number of nitrogens with zero attached hydrogens (tertiary/aromatic N) is 4. The van der Waals surface area contributed by atoms with Crippen LogP contribution in [-0.2, 0) is 4.84 Å². The smallest absolute Gasteiger partial charge is 0.346 e. The van der Waals surface area contributed by atoms with E-state index in [2.05, 4.69) is 30.6 Å². The van der Waals surface area contributed by atoms with Gasteiger partial charge in [0.15, 0.2) is 0 Å². The molecule has 1 aliphatic heterocycles. The molecule has 0 spiro atoms. The number of aryl methyl sites for hydroxylation is 1. The van der Waals surface area contributed by atoms with Crippen molar-refractivity contribution in [1.82, 2.24) is 25.0 Å². The van der Waals surface area contributed by atoms with Gasteiger partial charge in [-0.15, -0.1) is 0 Å². The fourth-order valence-electron chi connectivity index (χ4n) is 4.57. The first-order chi connectivity index (χ1) is 18.2. The van der Waals surface area contributed by atoms with Gasteiger partial charge in [0.2, 0.25) is 0 Å². The number of amides is 2. The van der Waals surface area contributed by atoms with Crippen LogP contribution in [-0.4, -0.2) is 37.6 Å². The number of aromatic nitrogens is 4. The lowest BCUT2D eigenvalue weighted by Gasteiger charge is -2.23. The summed E-state index contributed by atoms with van der Waals surface area (Å²) in [5.74, 6) is 0.655. The van der Waals surface area contributed by atoms with Crippen LogP contribution in [0.3, 0.4) is 0 Å². The van der Waals surface area contributed by atoms with Crippen LogP contribution in [0.5, 0.6) is 0 Å². The molecule has 3 N–H and O–H groups in total. The Balaban J connectivity index is 1.25. The summed E-state index contributed by atoms with van der Waals surface area (Å²) < 4.78 is 0. The minimum atomic E-state index is -0.310. The minimum absolute atomic E-state index is 0.126. The maximum absolute atomic E-state index is 13.1. The normalized spacial score (nSPS) is 15.2. The van der Waals surface area contributed by atoms with E-state index in [9.17, 15) is 4.79 Å². The molecule has 5 aromatic rings. The van der Waals surface area contributed by atoms with Crippen molar-refractivity contribution >= 4 is 34.3 Å². The SMILES string of the molecule is Cc1ccc(NC(=O)N2OCC[C@@H]2c2ccccc2)cc1Nc1ncccc1-c1ncnc2[nH]ccc12. The maximum atomic E-state index is 13.1. The highest BCUT2D eigenvalue weighted by Gasteiger charge is 2.31. The fraction of sp³-hybridized carbons (Fsp3) is 0.143. The largest absolute Gasteiger partial charge is 0.346 e. The zero-order chi connectivity index (χ0) is 25.2. The zero-order valence-electron chi connectivity index (χ0n) is 20.2. The monoisotopic (exact) mass is 491 g/mol. The lowest BCUT2D eigenvalue weighted by atomic mass is 10.1. The van der Waals surface area contributed by atoms with Crippen molar-refractivity contribution in [3.05, 3.63) is 96.6 Å². The number of anilines is 3. The van der Waals surface area contributed by atoms with Crippen LogP contribution in [0.15, 0.2) is 85.5 Å². The van der Waals surface area contributed by atoms with Gasteiger partial charge in [-0.2, -0.15) is 5.06 Å². The molecule has 0 saturated carbocycles. The Morgan fingerprint density at radius 1 is 1.05 bits per heavy atom. The predicted octanol–water partition coefficient (Wildman–Crippen LogP) is 5.98. The van der Waals surface area contributed by atoms with E-state index in [4.69, 9.17) is 4.84 Å². The number of aromatic amines is 1. The van der Waals surface area contributed by atoms with Crippen LogP contribution in [0.25, 0.3) is 22.3 Å². The number of hydrogen-bond acceptors (Lipinski definition) is 6. The van der Waals surface area contributed by atoms with E-state index >= 15 is 0 Å². The summed E-state index contributed by atoms with van der Waals surface area (Å²) in [5, 5.41) is 8.76. The molecule has 6 rings (SSSR count). The number of rotatable bonds is 5. The molecule has 9 heteroatoms. The number of hydrogen-bond donors (Lipinski definition) is 3. The molecule has 9 nitrogen and oxygen atoms in total. The topological polar surface area (TPSA) is 108 Å². The third-order valence-corrected chi connectivity index (χ3v) is 6.45. The van der Waals surface area contributed by atoms with Crippen molar-refractivity contribution in [2.45, 2.75) is 19.4 Å². The molecule has 0 bridgehead atoms. The summed E-state index contributed by atoms with van der Waals surface area (Å²) in [6.07, 6.45) is 5.86. The molecule has 0 radical (unpaired) electrons. The maximum Gasteiger partial charge on any atom is 0.346 e. The number of carbonyl (C=O) groups is 1. The number of nitrogens with one attached hydrogen (secondary N) is 3. The summed E-state index contributed by atoms with van der Waals surface area (Å²) in [5.41, 5.74) is 5.90. The zero-order valence-corrected chi connectivity index (χ0v) is 20.2. The molecule has 1 atom stereocenters. The number of urea groups is 1. The molecule has 0 unspecified atom stereocenters. The average Bonchev–Trinajstić information content (AvgIpc) is 3.62. The molecule has 0 aliphatic carbocycles. The predicted molar refractivity (Wildman–Crippen MR) is 142 cm³/mol. The Morgan fingerprint density at radius 2 is 1.95 bits per heavy atom. The number of benzene rings is 2. The lowest BCUT2D eigenvalue weighted by molar-refractivity contribution is -0.0829. The van der Waals surface area contributed by atoms with Gasteiger partial charge >= 0.3 is 6.03 Å². The third kappa shape index (κ3) is 4.48. The highest BCUT2D eigenvalue weighted by molar-refractivity contribution is 5.94. The second-order valence-corrected chi connectivity index (χ2v) is 8.82. The van der Waals surface area contributed by atoms with Crippen LogP contribution in [0.1, 0.15) is 23.6 Å². The molecule has 1 saturated heterocycles. The molecule has 1 fully saturated rings. The van der Waals surface area contributed by atoms with E-state index in [0.717, 1.165) is 45.5 Å². The lowest BCUT2D eigenvalue weighted by Crippen LogP contribution is -2.33. The van der Waals surface area contributed by atoms with E-state index < -0.39 is 0 Å². The van der Waals surface area contributed by atoms with Crippen molar-refractivity contribution in [3.63, 3.8) is 0 Å².